The summed E-state index contributed by atoms with van der Waals surface area (Å²) in [6.07, 6.45) is 2.69. The lowest BCUT2D eigenvalue weighted by Gasteiger charge is -2.38. The first-order valence-corrected chi connectivity index (χ1v) is 10.1. The number of carbonyl (C=O) groups is 1. The maximum atomic E-state index is 13.1. The molecule has 0 fully saturated rings. The molecule has 0 aliphatic carbocycles. The van der Waals surface area contributed by atoms with Crippen LogP contribution in [0, 0.1) is 0 Å². The molecule has 0 aliphatic rings. The third-order valence-electron chi connectivity index (χ3n) is 5.49. The number of Topliss-reactive ketones (excluding diaryl/α,β-unsaturated/α-hetero) is 1. The Bertz CT molecular complexity index is 1010. The number of rotatable bonds is 7. The first-order valence-electron chi connectivity index (χ1n) is 10.1. The molecular formula is C26H24N2O2. The van der Waals surface area contributed by atoms with E-state index in [2.05, 4.69) is 41.4 Å². The van der Waals surface area contributed by atoms with Gasteiger partial charge in [0.05, 0.1) is 0 Å². The Kier molecular flexibility index (Phi) is 5.59. The molecule has 1 aromatic heterocycles. The highest BCUT2D eigenvalue weighted by molar-refractivity contribution is 5.96. The molecule has 4 nitrogen and oxygen atoms in total. The zero-order valence-corrected chi connectivity index (χ0v) is 16.8. The second-order valence-electron chi connectivity index (χ2n) is 7.22. The summed E-state index contributed by atoms with van der Waals surface area (Å²) >= 11 is 0. The van der Waals surface area contributed by atoms with Crippen molar-refractivity contribution in [2.45, 2.75) is 25.0 Å². The molecule has 1 heterocycles. The van der Waals surface area contributed by atoms with Crippen molar-refractivity contribution in [3.05, 3.63) is 126 Å². The highest BCUT2D eigenvalue weighted by atomic mass is 16.3. The molecule has 0 radical (unpaired) electrons. The number of aliphatic hydroxyl groups is 1. The van der Waals surface area contributed by atoms with Crippen molar-refractivity contribution in [1.82, 2.24) is 9.55 Å². The van der Waals surface area contributed by atoms with Crippen LogP contribution in [0.25, 0.3) is 0 Å². The van der Waals surface area contributed by atoms with Gasteiger partial charge in [0.25, 0.3) is 0 Å². The van der Waals surface area contributed by atoms with E-state index in [1.54, 1.807) is 13.1 Å². The van der Waals surface area contributed by atoms with Crippen LogP contribution < -0.4 is 0 Å². The number of benzene rings is 3. The van der Waals surface area contributed by atoms with Crippen LogP contribution in [-0.4, -0.2) is 26.5 Å². The van der Waals surface area contributed by atoms with Gasteiger partial charge in [-0.25, -0.2) is 4.98 Å². The standard InChI is InChI=1S/C26H24N2O2/c1-2-23(29)24(30)25-27-18-19-28(25)26(20-12-6-3-7-13-20,21-14-8-4-9-15-21)22-16-10-5-11-17-22/h3-19,23,29H,2H2,1H3. The van der Waals surface area contributed by atoms with Gasteiger partial charge in [0.1, 0.15) is 11.6 Å². The number of hydrogen-bond donors (Lipinski definition) is 1. The van der Waals surface area contributed by atoms with Gasteiger partial charge in [0, 0.05) is 12.4 Å². The molecule has 150 valence electrons. The molecule has 0 aliphatic heterocycles. The smallest absolute Gasteiger partial charge is 0.226 e. The molecule has 0 amide bonds. The average molecular weight is 396 g/mol. The zero-order valence-electron chi connectivity index (χ0n) is 16.8. The van der Waals surface area contributed by atoms with Crippen LogP contribution in [0.1, 0.15) is 40.7 Å². The first kappa shape index (κ1) is 19.8. The van der Waals surface area contributed by atoms with Gasteiger partial charge in [0.2, 0.25) is 5.78 Å². The van der Waals surface area contributed by atoms with Crippen LogP contribution in [-0.2, 0) is 5.54 Å². The summed E-state index contributed by atoms with van der Waals surface area (Å²) in [7, 11) is 0. The van der Waals surface area contributed by atoms with Crippen molar-refractivity contribution >= 4 is 5.78 Å². The van der Waals surface area contributed by atoms with Crippen LogP contribution in [0.15, 0.2) is 103 Å². The maximum Gasteiger partial charge on any atom is 0.226 e. The lowest BCUT2D eigenvalue weighted by atomic mass is 9.76. The fraction of sp³-hybridized carbons (Fsp3) is 0.154. The number of hydrogen-bond acceptors (Lipinski definition) is 3. The third kappa shape index (κ3) is 3.25. The minimum atomic E-state index is -1.09. The summed E-state index contributed by atoms with van der Waals surface area (Å²) in [4.78, 5) is 17.4. The predicted molar refractivity (Wildman–Crippen MR) is 117 cm³/mol. The second kappa shape index (κ2) is 8.47. The number of ketones is 1. The maximum absolute atomic E-state index is 13.1. The molecular weight excluding hydrogens is 372 g/mol. The van der Waals surface area contributed by atoms with Crippen molar-refractivity contribution in [3.63, 3.8) is 0 Å². The lowest BCUT2D eigenvalue weighted by molar-refractivity contribution is 0.0722. The summed E-state index contributed by atoms with van der Waals surface area (Å²) in [5, 5.41) is 10.3. The Morgan fingerprint density at radius 1 is 0.867 bits per heavy atom. The van der Waals surface area contributed by atoms with Gasteiger partial charge in [-0.05, 0) is 23.1 Å². The van der Waals surface area contributed by atoms with E-state index in [0.29, 0.717) is 6.42 Å². The molecule has 4 rings (SSSR count). The lowest BCUT2D eigenvalue weighted by Crippen LogP contribution is -2.40. The Hall–Kier alpha value is -3.50. The molecule has 4 aromatic rings. The van der Waals surface area contributed by atoms with Crippen molar-refractivity contribution in [1.29, 1.82) is 0 Å². The van der Waals surface area contributed by atoms with E-state index in [1.807, 2.05) is 65.4 Å². The highest BCUT2D eigenvalue weighted by Crippen LogP contribution is 2.41. The minimum Gasteiger partial charge on any atom is -0.385 e. The van der Waals surface area contributed by atoms with Gasteiger partial charge in [-0.2, -0.15) is 0 Å². The number of aromatic nitrogens is 2. The Morgan fingerprint density at radius 3 is 1.70 bits per heavy atom. The topological polar surface area (TPSA) is 55.1 Å². The van der Waals surface area contributed by atoms with E-state index in [9.17, 15) is 9.90 Å². The summed E-state index contributed by atoms with van der Waals surface area (Å²) in [6, 6.07) is 30.3. The quantitative estimate of drug-likeness (QED) is 0.365. The van der Waals surface area contributed by atoms with E-state index in [1.165, 1.54) is 0 Å². The third-order valence-corrected chi connectivity index (χ3v) is 5.49. The molecule has 3 aromatic carbocycles. The largest absolute Gasteiger partial charge is 0.385 e. The van der Waals surface area contributed by atoms with E-state index >= 15 is 0 Å². The molecule has 1 unspecified atom stereocenters. The van der Waals surface area contributed by atoms with Crippen LogP contribution in [0.5, 0.6) is 0 Å². The van der Waals surface area contributed by atoms with Crippen molar-refractivity contribution in [2.24, 2.45) is 0 Å². The van der Waals surface area contributed by atoms with E-state index in [-0.39, 0.29) is 11.6 Å². The number of aliphatic hydroxyl groups excluding tert-OH is 1. The monoisotopic (exact) mass is 396 g/mol. The molecule has 1 N–H and O–H groups in total. The minimum absolute atomic E-state index is 0.237. The van der Waals surface area contributed by atoms with E-state index < -0.39 is 11.6 Å². The summed E-state index contributed by atoms with van der Waals surface area (Å²) < 4.78 is 1.90. The summed E-state index contributed by atoms with van der Waals surface area (Å²) in [5.41, 5.74) is 2.18. The van der Waals surface area contributed by atoms with Gasteiger partial charge in [-0.15, -0.1) is 0 Å². The van der Waals surface area contributed by atoms with Crippen LogP contribution >= 0.6 is 0 Å². The Balaban J connectivity index is 2.11. The molecule has 0 bridgehead atoms. The fourth-order valence-corrected chi connectivity index (χ4v) is 4.05. The van der Waals surface area contributed by atoms with Gasteiger partial charge in [-0.3, -0.25) is 4.79 Å². The Morgan fingerprint density at radius 2 is 1.30 bits per heavy atom. The van der Waals surface area contributed by atoms with E-state index in [0.717, 1.165) is 16.7 Å². The van der Waals surface area contributed by atoms with Crippen molar-refractivity contribution < 1.29 is 9.90 Å². The number of nitrogens with zero attached hydrogens (tertiary/aromatic N) is 2. The SMILES string of the molecule is CCC(O)C(=O)c1nccn1C(c1ccccc1)(c1ccccc1)c1ccccc1. The van der Waals surface area contributed by atoms with Gasteiger partial charge < -0.3 is 9.67 Å². The average Bonchev–Trinajstić information content (AvgIpc) is 3.31. The molecule has 0 saturated heterocycles. The van der Waals surface area contributed by atoms with Gasteiger partial charge >= 0.3 is 0 Å². The predicted octanol–water partition coefficient (Wildman–Crippen LogP) is 4.68. The fourth-order valence-electron chi connectivity index (χ4n) is 4.05. The number of imidazole rings is 1. The molecule has 0 saturated carbocycles. The molecule has 1 atom stereocenters. The van der Waals surface area contributed by atoms with Crippen molar-refractivity contribution in [2.75, 3.05) is 0 Å². The summed E-state index contributed by atoms with van der Waals surface area (Å²) in [6.45, 7) is 1.79. The first-order chi connectivity index (χ1) is 14.7. The normalized spacial score (nSPS) is 12.5. The number of carbonyl (C=O) groups excluding carboxylic acids is 1. The van der Waals surface area contributed by atoms with Crippen molar-refractivity contribution in [3.8, 4) is 0 Å². The van der Waals surface area contributed by atoms with Crippen LogP contribution in [0.4, 0.5) is 0 Å². The van der Waals surface area contributed by atoms with E-state index in [4.69, 9.17) is 0 Å². The summed E-state index contributed by atoms with van der Waals surface area (Å²) in [5.74, 6) is -0.143. The zero-order chi connectivity index (χ0) is 21.0. The second-order valence-corrected chi connectivity index (χ2v) is 7.22. The van der Waals surface area contributed by atoms with Gasteiger partial charge in [0.15, 0.2) is 5.82 Å². The Labute approximate surface area is 176 Å². The molecule has 30 heavy (non-hydrogen) atoms. The highest BCUT2D eigenvalue weighted by Gasteiger charge is 2.41. The molecule has 0 spiro atoms. The van der Waals surface area contributed by atoms with Crippen LogP contribution in [0.3, 0.4) is 0 Å². The van der Waals surface area contributed by atoms with Crippen LogP contribution in [0.2, 0.25) is 0 Å². The van der Waals surface area contributed by atoms with Gasteiger partial charge in [-0.1, -0.05) is 97.9 Å². The molecule has 4 heteroatoms.